The molecule has 0 aromatic carbocycles. The molecule has 2 aliphatic rings. The van der Waals surface area contributed by atoms with Crippen molar-refractivity contribution in [1.29, 1.82) is 0 Å². The maximum Gasteiger partial charge on any atom is 0.379 e. The molecule has 0 unspecified atom stereocenters. The molecule has 82 valence electrons. The number of fused-ring (bicyclic) bond motifs is 1. The first-order chi connectivity index (χ1) is 7.16. The molecule has 15 heavy (non-hydrogen) atoms. The zero-order valence-electron chi connectivity index (χ0n) is 8.59. The fourth-order valence-corrected chi connectivity index (χ4v) is 2.96. The molecule has 2 atom stereocenters. The Bertz CT molecular complexity index is 346. The van der Waals surface area contributed by atoms with Crippen LogP contribution in [0.1, 0.15) is 26.2 Å². The van der Waals surface area contributed by atoms with E-state index in [1.165, 1.54) is 0 Å². The Balaban J connectivity index is 2.12. The highest BCUT2D eigenvalue weighted by Gasteiger charge is 2.47. The average molecular weight is 229 g/mol. The summed E-state index contributed by atoms with van der Waals surface area (Å²) in [6.45, 7) is 1.91. The van der Waals surface area contributed by atoms with E-state index in [1.54, 1.807) is 6.92 Å². The summed E-state index contributed by atoms with van der Waals surface area (Å²) in [6, 6.07) is 0. The van der Waals surface area contributed by atoms with E-state index in [1.807, 2.05) is 0 Å². The Labute approximate surface area is 93.4 Å². The largest absolute Gasteiger partial charge is 0.460 e. The summed E-state index contributed by atoms with van der Waals surface area (Å²) in [6.07, 6.45) is 3.11. The molecule has 1 saturated carbocycles. The topological polar surface area (TPSA) is 43.4 Å². The lowest BCUT2D eigenvalue weighted by atomic mass is 9.75. The van der Waals surface area contributed by atoms with Crippen LogP contribution in [0.25, 0.3) is 0 Å². The van der Waals surface area contributed by atoms with Crippen LogP contribution in [0.2, 0.25) is 0 Å². The van der Waals surface area contributed by atoms with Crippen molar-refractivity contribution < 1.29 is 14.3 Å². The number of hydrogen-bond donors (Lipinski definition) is 0. The minimum absolute atomic E-state index is 0.217. The van der Waals surface area contributed by atoms with Crippen molar-refractivity contribution in [2.45, 2.75) is 26.2 Å². The lowest BCUT2D eigenvalue weighted by Gasteiger charge is -2.32. The first-order valence-corrected chi connectivity index (χ1v) is 5.65. The molecular formula is C11H13ClO3. The van der Waals surface area contributed by atoms with Crippen LogP contribution < -0.4 is 0 Å². The summed E-state index contributed by atoms with van der Waals surface area (Å²) in [5.41, 5.74) is 0.512. The number of Topliss-reactive ketones (excluding diaryl/α,β-unsaturated/α-hetero) is 1. The SMILES string of the molecule is CCOC(=O)C(=O)C1=C(Cl)[C@@H]2CCC[C@H]12. The second-order valence-electron chi connectivity index (χ2n) is 3.96. The lowest BCUT2D eigenvalue weighted by molar-refractivity contribution is -0.152. The standard InChI is InChI=1S/C11H13ClO3/c1-2-15-11(14)10(13)8-6-4-3-5-7(6)9(8)12/h6-7H,2-5H2,1H3/t6-,7+/m0/s1. The highest BCUT2D eigenvalue weighted by molar-refractivity contribution is 6.45. The summed E-state index contributed by atoms with van der Waals surface area (Å²) in [5, 5.41) is 0.593. The van der Waals surface area contributed by atoms with Gasteiger partial charge in [0.2, 0.25) is 0 Å². The van der Waals surface area contributed by atoms with Crippen LogP contribution in [-0.2, 0) is 14.3 Å². The number of rotatable bonds is 3. The van der Waals surface area contributed by atoms with Gasteiger partial charge in [0.1, 0.15) is 0 Å². The molecule has 0 heterocycles. The Hall–Kier alpha value is -0.830. The smallest absolute Gasteiger partial charge is 0.379 e. The molecule has 2 rings (SSSR count). The number of carbonyl (C=O) groups is 2. The highest BCUT2D eigenvalue weighted by atomic mass is 35.5. The molecule has 4 heteroatoms. The second kappa shape index (κ2) is 3.97. The fraction of sp³-hybridized carbons (Fsp3) is 0.636. The van der Waals surface area contributed by atoms with E-state index >= 15 is 0 Å². The van der Waals surface area contributed by atoms with Crippen LogP contribution >= 0.6 is 11.6 Å². The molecular weight excluding hydrogens is 216 g/mol. The number of ketones is 1. The van der Waals surface area contributed by atoms with Gasteiger partial charge in [0.05, 0.1) is 6.61 Å². The molecule has 3 nitrogen and oxygen atoms in total. The Morgan fingerprint density at radius 2 is 2.07 bits per heavy atom. The van der Waals surface area contributed by atoms with Crippen molar-refractivity contribution in [2.24, 2.45) is 11.8 Å². The Morgan fingerprint density at radius 1 is 1.40 bits per heavy atom. The van der Waals surface area contributed by atoms with Gasteiger partial charge in [0.15, 0.2) is 0 Å². The second-order valence-corrected chi connectivity index (χ2v) is 4.36. The zero-order chi connectivity index (χ0) is 11.0. The zero-order valence-corrected chi connectivity index (χ0v) is 9.34. The minimum Gasteiger partial charge on any atom is -0.460 e. The Kier molecular flexibility index (Phi) is 2.83. The first kappa shape index (κ1) is 10.7. The quantitative estimate of drug-likeness (QED) is 0.549. The van der Waals surface area contributed by atoms with Gasteiger partial charge in [-0.2, -0.15) is 0 Å². The summed E-state index contributed by atoms with van der Waals surface area (Å²) < 4.78 is 4.68. The summed E-state index contributed by atoms with van der Waals surface area (Å²) >= 11 is 6.01. The van der Waals surface area contributed by atoms with Gasteiger partial charge < -0.3 is 4.74 Å². The third-order valence-electron chi connectivity index (χ3n) is 3.18. The van der Waals surface area contributed by atoms with Gasteiger partial charge in [-0.15, -0.1) is 0 Å². The van der Waals surface area contributed by atoms with Gasteiger partial charge in [0, 0.05) is 16.5 Å². The van der Waals surface area contributed by atoms with Gasteiger partial charge in [0.25, 0.3) is 5.78 Å². The summed E-state index contributed by atoms with van der Waals surface area (Å²) in [7, 11) is 0. The molecule has 2 aliphatic carbocycles. The van der Waals surface area contributed by atoms with E-state index in [-0.39, 0.29) is 12.5 Å². The fourth-order valence-electron chi connectivity index (χ4n) is 2.47. The van der Waals surface area contributed by atoms with E-state index in [2.05, 4.69) is 4.74 Å². The van der Waals surface area contributed by atoms with Gasteiger partial charge in [-0.1, -0.05) is 18.0 Å². The van der Waals surface area contributed by atoms with Crippen molar-refractivity contribution in [1.82, 2.24) is 0 Å². The number of ether oxygens (including phenoxy) is 1. The van der Waals surface area contributed by atoms with Crippen molar-refractivity contribution in [3.05, 3.63) is 10.6 Å². The monoisotopic (exact) mass is 228 g/mol. The maximum absolute atomic E-state index is 11.7. The molecule has 0 bridgehead atoms. The van der Waals surface area contributed by atoms with Gasteiger partial charge >= 0.3 is 5.97 Å². The van der Waals surface area contributed by atoms with Crippen LogP contribution in [0.3, 0.4) is 0 Å². The molecule has 0 aromatic heterocycles. The number of carbonyl (C=O) groups excluding carboxylic acids is 2. The van der Waals surface area contributed by atoms with Crippen LogP contribution in [0.4, 0.5) is 0 Å². The van der Waals surface area contributed by atoms with Crippen molar-refractivity contribution in [3.8, 4) is 0 Å². The van der Waals surface area contributed by atoms with Crippen molar-refractivity contribution >= 4 is 23.4 Å². The number of hydrogen-bond acceptors (Lipinski definition) is 3. The Morgan fingerprint density at radius 3 is 2.73 bits per heavy atom. The number of allylic oxidation sites excluding steroid dienone is 1. The third kappa shape index (κ3) is 1.59. The molecule has 0 saturated heterocycles. The van der Waals surface area contributed by atoms with Crippen LogP contribution in [0.5, 0.6) is 0 Å². The molecule has 0 amide bonds. The van der Waals surface area contributed by atoms with E-state index in [4.69, 9.17) is 11.6 Å². The van der Waals surface area contributed by atoms with Crippen LogP contribution in [0.15, 0.2) is 10.6 Å². The molecule has 0 radical (unpaired) electrons. The third-order valence-corrected chi connectivity index (χ3v) is 3.66. The van der Waals surface area contributed by atoms with Crippen LogP contribution in [-0.4, -0.2) is 18.4 Å². The molecule has 0 N–H and O–H groups in total. The van der Waals surface area contributed by atoms with Gasteiger partial charge in [-0.05, 0) is 25.7 Å². The summed E-state index contributed by atoms with van der Waals surface area (Å²) in [4.78, 5) is 22.9. The minimum atomic E-state index is -0.768. The number of esters is 1. The average Bonchev–Trinajstić information content (AvgIpc) is 2.62. The van der Waals surface area contributed by atoms with E-state index in [0.29, 0.717) is 16.5 Å². The van der Waals surface area contributed by atoms with Crippen molar-refractivity contribution in [3.63, 3.8) is 0 Å². The normalized spacial score (nSPS) is 28.4. The number of halogens is 1. The first-order valence-electron chi connectivity index (χ1n) is 5.27. The van der Waals surface area contributed by atoms with Gasteiger partial charge in [-0.3, -0.25) is 4.79 Å². The van der Waals surface area contributed by atoms with Crippen LogP contribution in [0, 0.1) is 11.8 Å². The molecule has 0 aliphatic heterocycles. The molecule has 0 aromatic rings. The van der Waals surface area contributed by atoms with E-state index in [9.17, 15) is 9.59 Å². The van der Waals surface area contributed by atoms with E-state index < -0.39 is 11.8 Å². The van der Waals surface area contributed by atoms with E-state index in [0.717, 1.165) is 19.3 Å². The predicted octanol–water partition coefficient (Wildman–Crippen LogP) is 2.04. The summed E-state index contributed by atoms with van der Waals surface area (Å²) in [5.74, 6) is -0.754. The van der Waals surface area contributed by atoms with Crippen molar-refractivity contribution in [2.75, 3.05) is 6.61 Å². The molecule has 0 spiro atoms. The lowest BCUT2D eigenvalue weighted by Crippen LogP contribution is -2.33. The highest BCUT2D eigenvalue weighted by Crippen LogP contribution is 2.53. The maximum atomic E-state index is 11.7. The van der Waals surface area contributed by atoms with Gasteiger partial charge in [-0.25, -0.2) is 4.79 Å². The molecule has 1 fully saturated rings. The predicted molar refractivity (Wildman–Crippen MR) is 55.4 cm³/mol.